The van der Waals surface area contributed by atoms with Crippen LogP contribution in [0.3, 0.4) is 0 Å². The Morgan fingerprint density at radius 2 is 1.96 bits per heavy atom. The monoisotopic (exact) mass is 323 g/mol. The van der Waals surface area contributed by atoms with Gasteiger partial charge in [0.25, 0.3) is 5.91 Å². The zero-order chi connectivity index (χ0) is 16.9. The first-order valence-corrected chi connectivity index (χ1v) is 7.43. The summed E-state index contributed by atoms with van der Waals surface area (Å²) < 4.78 is 7.23. The molecule has 0 saturated carbocycles. The molecule has 0 aliphatic carbocycles. The van der Waals surface area contributed by atoms with Crippen LogP contribution in [0.5, 0.6) is 5.75 Å². The standard InChI is InChI=1S/C17H17N5O2/c1-12-3-5-15(13(2)7-12)24-9-17(23)21-14-4-6-16(18-8-14)22-10-19-20-11-22/h3-8,10-11H,9H2,1-2H3,(H,21,23). The number of ether oxygens (including phenoxy) is 1. The Morgan fingerprint density at radius 3 is 2.62 bits per heavy atom. The first-order chi connectivity index (χ1) is 11.6. The number of pyridine rings is 1. The fraction of sp³-hybridized carbons (Fsp3) is 0.176. The lowest BCUT2D eigenvalue weighted by atomic mass is 10.1. The van der Waals surface area contributed by atoms with Crippen LogP contribution in [-0.4, -0.2) is 32.3 Å². The number of carbonyl (C=O) groups excluding carboxylic acids is 1. The van der Waals surface area contributed by atoms with Crippen molar-refractivity contribution in [3.63, 3.8) is 0 Å². The molecule has 0 spiro atoms. The average molecular weight is 323 g/mol. The van der Waals surface area contributed by atoms with Gasteiger partial charge in [-0.1, -0.05) is 17.7 Å². The number of anilines is 1. The van der Waals surface area contributed by atoms with Gasteiger partial charge in [-0.15, -0.1) is 10.2 Å². The number of amides is 1. The molecule has 0 bridgehead atoms. The molecule has 1 N–H and O–H groups in total. The summed E-state index contributed by atoms with van der Waals surface area (Å²) in [6.45, 7) is 3.91. The lowest BCUT2D eigenvalue weighted by Crippen LogP contribution is -2.20. The quantitative estimate of drug-likeness (QED) is 0.779. The molecule has 0 saturated heterocycles. The maximum Gasteiger partial charge on any atom is 0.262 e. The molecule has 0 aliphatic rings. The smallest absolute Gasteiger partial charge is 0.262 e. The highest BCUT2D eigenvalue weighted by Gasteiger charge is 2.06. The van der Waals surface area contributed by atoms with Crippen LogP contribution in [0.2, 0.25) is 0 Å². The van der Waals surface area contributed by atoms with Gasteiger partial charge in [-0.25, -0.2) is 4.98 Å². The molecule has 0 aliphatic heterocycles. The van der Waals surface area contributed by atoms with Gasteiger partial charge in [0.05, 0.1) is 11.9 Å². The highest BCUT2D eigenvalue weighted by Crippen LogP contribution is 2.18. The molecule has 3 rings (SSSR count). The van der Waals surface area contributed by atoms with Crippen LogP contribution in [0.1, 0.15) is 11.1 Å². The second kappa shape index (κ2) is 6.91. The SMILES string of the molecule is Cc1ccc(OCC(=O)Nc2ccc(-n3cnnc3)nc2)c(C)c1. The number of rotatable bonds is 5. The van der Waals surface area contributed by atoms with Crippen molar-refractivity contribution in [1.82, 2.24) is 19.7 Å². The van der Waals surface area contributed by atoms with Gasteiger partial charge in [0.15, 0.2) is 6.61 Å². The van der Waals surface area contributed by atoms with Gasteiger partial charge in [0, 0.05) is 0 Å². The number of hydrogen-bond donors (Lipinski definition) is 1. The summed E-state index contributed by atoms with van der Waals surface area (Å²) in [4.78, 5) is 16.2. The molecule has 3 aromatic rings. The van der Waals surface area contributed by atoms with Crippen molar-refractivity contribution < 1.29 is 9.53 Å². The highest BCUT2D eigenvalue weighted by atomic mass is 16.5. The molecule has 1 aromatic carbocycles. The highest BCUT2D eigenvalue weighted by molar-refractivity contribution is 5.91. The van der Waals surface area contributed by atoms with Gasteiger partial charge in [0.2, 0.25) is 0 Å². The van der Waals surface area contributed by atoms with E-state index in [0.29, 0.717) is 17.3 Å². The van der Waals surface area contributed by atoms with Crippen molar-refractivity contribution in [1.29, 1.82) is 0 Å². The Labute approximate surface area is 139 Å². The van der Waals surface area contributed by atoms with Gasteiger partial charge < -0.3 is 10.1 Å². The Morgan fingerprint density at radius 1 is 1.17 bits per heavy atom. The van der Waals surface area contributed by atoms with E-state index in [-0.39, 0.29) is 12.5 Å². The Balaban J connectivity index is 1.56. The molecule has 0 fully saturated rings. The van der Waals surface area contributed by atoms with Crippen LogP contribution in [0.15, 0.2) is 49.2 Å². The minimum Gasteiger partial charge on any atom is -0.483 e. The van der Waals surface area contributed by atoms with Gasteiger partial charge in [-0.05, 0) is 37.6 Å². The third kappa shape index (κ3) is 3.75. The zero-order valence-electron chi connectivity index (χ0n) is 13.4. The van der Waals surface area contributed by atoms with Crippen molar-refractivity contribution in [2.45, 2.75) is 13.8 Å². The fourth-order valence-electron chi connectivity index (χ4n) is 2.23. The number of nitrogens with zero attached hydrogens (tertiary/aromatic N) is 4. The molecule has 1 amide bonds. The molecule has 2 aromatic heterocycles. The minimum atomic E-state index is -0.242. The van der Waals surface area contributed by atoms with Crippen molar-refractivity contribution in [3.8, 4) is 11.6 Å². The van der Waals surface area contributed by atoms with Gasteiger partial charge in [-0.3, -0.25) is 9.36 Å². The van der Waals surface area contributed by atoms with Crippen molar-refractivity contribution in [3.05, 3.63) is 60.3 Å². The molecule has 7 heteroatoms. The molecule has 0 unspecified atom stereocenters. The van der Waals surface area contributed by atoms with E-state index in [1.54, 1.807) is 35.6 Å². The molecule has 0 atom stereocenters. The number of benzene rings is 1. The predicted molar refractivity (Wildman–Crippen MR) is 89.2 cm³/mol. The van der Waals surface area contributed by atoms with Gasteiger partial charge in [-0.2, -0.15) is 0 Å². The second-order valence-corrected chi connectivity index (χ2v) is 5.38. The van der Waals surface area contributed by atoms with Crippen LogP contribution in [0.4, 0.5) is 5.69 Å². The van der Waals surface area contributed by atoms with Gasteiger partial charge in [0.1, 0.15) is 24.2 Å². The van der Waals surface area contributed by atoms with Crippen molar-refractivity contribution in [2.24, 2.45) is 0 Å². The predicted octanol–water partition coefficient (Wildman–Crippen LogP) is 2.30. The average Bonchev–Trinajstić information content (AvgIpc) is 3.09. The topological polar surface area (TPSA) is 81.9 Å². The van der Waals surface area contributed by atoms with E-state index in [2.05, 4.69) is 20.5 Å². The summed E-state index contributed by atoms with van der Waals surface area (Å²) in [5.41, 5.74) is 2.76. The van der Waals surface area contributed by atoms with Crippen LogP contribution in [0, 0.1) is 13.8 Å². The largest absolute Gasteiger partial charge is 0.483 e. The third-order valence-corrected chi connectivity index (χ3v) is 3.40. The summed E-state index contributed by atoms with van der Waals surface area (Å²) in [7, 11) is 0. The summed E-state index contributed by atoms with van der Waals surface area (Å²) in [6.07, 6.45) is 4.68. The molecular weight excluding hydrogens is 306 g/mol. The summed E-state index contributed by atoms with van der Waals surface area (Å²) in [5.74, 6) is 1.13. The zero-order valence-corrected chi connectivity index (χ0v) is 13.4. The summed E-state index contributed by atoms with van der Waals surface area (Å²) in [5, 5.41) is 10.2. The molecular formula is C17H17N5O2. The number of nitrogens with one attached hydrogen (secondary N) is 1. The van der Waals surface area contributed by atoms with E-state index in [1.807, 2.05) is 32.0 Å². The summed E-state index contributed by atoms with van der Waals surface area (Å²) >= 11 is 0. The lowest BCUT2D eigenvalue weighted by Gasteiger charge is -2.10. The van der Waals surface area contributed by atoms with E-state index in [9.17, 15) is 4.79 Å². The second-order valence-electron chi connectivity index (χ2n) is 5.38. The molecule has 2 heterocycles. The van der Waals surface area contributed by atoms with Crippen LogP contribution in [0.25, 0.3) is 5.82 Å². The van der Waals surface area contributed by atoms with E-state index in [4.69, 9.17) is 4.74 Å². The Bertz CT molecular complexity index is 829. The first kappa shape index (κ1) is 15.7. The number of aromatic nitrogens is 4. The lowest BCUT2D eigenvalue weighted by molar-refractivity contribution is -0.118. The summed E-state index contributed by atoms with van der Waals surface area (Å²) in [6, 6.07) is 9.36. The third-order valence-electron chi connectivity index (χ3n) is 3.40. The van der Waals surface area contributed by atoms with Crippen molar-refractivity contribution in [2.75, 3.05) is 11.9 Å². The van der Waals surface area contributed by atoms with E-state index in [1.165, 1.54) is 0 Å². The van der Waals surface area contributed by atoms with Gasteiger partial charge >= 0.3 is 0 Å². The Kier molecular flexibility index (Phi) is 4.51. The number of aryl methyl sites for hydroxylation is 2. The Hall–Kier alpha value is -3.22. The number of carbonyl (C=O) groups is 1. The first-order valence-electron chi connectivity index (χ1n) is 7.43. The van der Waals surface area contributed by atoms with E-state index >= 15 is 0 Å². The van der Waals surface area contributed by atoms with E-state index < -0.39 is 0 Å². The fourth-order valence-corrected chi connectivity index (χ4v) is 2.23. The minimum absolute atomic E-state index is 0.0584. The molecule has 24 heavy (non-hydrogen) atoms. The normalized spacial score (nSPS) is 10.4. The maximum absolute atomic E-state index is 12.0. The molecule has 122 valence electrons. The van der Waals surface area contributed by atoms with Crippen LogP contribution in [-0.2, 0) is 4.79 Å². The van der Waals surface area contributed by atoms with E-state index in [0.717, 1.165) is 11.1 Å². The molecule has 0 radical (unpaired) electrons. The molecule has 7 nitrogen and oxygen atoms in total. The maximum atomic E-state index is 12.0. The van der Waals surface area contributed by atoms with Crippen molar-refractivity contribution >= 4 is 11.6 Å². The number of hydrogen-bond acceptors (Lipinski definition) is 5. The van der Waals surface area contributed by atoms with Crippen LogP contribution >= 0.6 is 0 Å². The van der Waals surface area contributed by atoms with Crippen LogP contribution < -0.4 is 10.1 Å².